The maximum absolute atomic E-state index is 2.50. The first-order chi connectivity index (χ1) is 29.8. The summed E-state index contributed by atoms with van der Waals surface area (Å²) >= 11 is 0. The number of hydrogen-bond acceptors (Lipinski definition) is 1. The van der Waals surface area contributed by atoms with Gasteiger partial charge in [-0.3, -0.25) is 0 Å². The van der Waals surface area contributed by atoms with Crippen LogP contribution in [-0.2, 0) is 0 Å². The molecule has 0 spiro atoms. The van der Waals surface area contributed by atoms with Gasteiger partial charge in [-0.2, -0.15) is 0 Å². The van der Waals surface area contributed by atoms with Crippen molar-refractivity contribution < 1.29 is 0 Å². The number of fused-ring (bicyclic) bond motifs is 4. The summed E-state index contributed by atoms with van der Waals surface area (Å²) in [5.41, 5.74) is 15.7. The number of para-hydroxylation sites is 4. The molecule has 1 aliphatic carbocycles. The third-order valence-corrected chi connectivity index (χ3v) is 12.8. The van der Waals surface area contributed by atoms with E-state index in [1.165, 1.54) is 104 Å². The normalized spacial score (nSPS) is 13.3. The average Bonchev–Trinajstić information content (AvgIpc) is 3.66. The van der Waals surface area contributed by atoms with E-state index in [-0.39, 0.29) is 0 Å². The van der Waals surface area contributed by atoms with Crippen LogP contribution in [0.2, 0.25) is 0 Å². The third-order valence-electron chi connectivity index (χ3n) is 12.8. The van der Waals surface area contributed by atoms with Crippen molar-refractivity contribution in [2.75, 3.05) is 4.90 Å². The van der Waals surface area contributed by atoms with Gasteiger partial charge in [0.05, 0.1) is 22.4 Å². The van der Waals surface area contributed by atoms with Crippen molar-refractivity contribution in [1.29, 1.82) is 0 Å². The van der Waals surface area contributed by atoms with Gasteiger partial charge in [-0.05, 0) is 106 Å². The highest BCUT2D eigenvalue weighted by Crippen LogP contribution is 2.48. The minimum absolute atomic E-state index is 0.584. The second-order valence-electron chi connectivity index (χ2n) is 16.3. The Kier molecular flexibility index (Phi) is 9.32. The van der Waals surface area contributed by atoms with Gasteiger partial charge in [-0.25, -0.2) is 0 Å². The molecule has 2 nitrogen and oxygen atoms in total. The summed E-state index contributed by atoms with van der Waals surface area (Å²) in [5, 5.41) is 5.22. The van der Waals surface area contributed by atoms with E-state index < -0.39 is 0 Å². The summed E-state index contributed by atoms with van der Waals surface area (Å²) in [6.07, 6.45) is 6.48. The zero-order valence-electron chi connectivity index (χ0n) is 33.7. The van der Waals surface area contributed by atoms with E-state index in [9.17, 15) is 0 Å². The number of rotatable bonds is 8. The van der Waals surface area contributed by atoms with Crippen LogP contribution in [0.4, 0.5) is 17.1 Å². The molecule has 1 fully saturated rings. The fourth-order valence-corrected chi connectivity index (χ4v) is 10.0. The Bertz CT molecular complexity index is 3130. The quantitative estimate of drug-likeness (QED) is 0.149. The fraction of sp³-hybridized carbons (Fsp3) is 0.103. The van der Waals surface area contributed by atoms with Crippen LogP contribution in [-0.4, -0.2) is 4.57 Å². The fourth-order valence-electron chi connectivity index (χ4n) is 10.0. The van der Waals surface area contributed by atoms with Crippen molar-refractivity contribution in [3.8, 4) is 39.1 Å². The van der Waals surface area contributed by atoms with E-state index in [0.29, 0.717) is 5.92 Å². The Hall–Kier alpha value is -7.16. The lowest BCUT2D eigenvalue weighted by molar-refractivity contribution is 0.445. The summed E-state index contributed by atoms with van der Waals surface area (Å²) in [6, 6.07) is 78.2. The monoisotopic (exact) mass is 770 g/mol. The van der Waals surface area contributed by atoms with Crippen molar-refractivity contribution in [1.82, 2.24) is 4.57 Å². The van der Waals surface area contributed by atoms with Crippen LogP contribution >= 0.6 is 0 Å². The van der Waals surface area contributed by atoms with Gasteiger partial charge in [0.1, 0.15) is 0 Å². The smallest absolute Gasteiger partial charge is 0.0547 e. The summed E-state index contributed by atoms with van der Waals surface area (Å²) in [5.74, 6) is 0.584. The molecule has 9 aromatic carbocycles. The Morgan fingerprint density at radius 2 is 1.00 bits per heavy atom. The molecule has 0 N–H and O–H groups in total. The molecule has 1 aromatic heterocycles. The minimum atomic E-state index is 0.584. The molecule has 60 heavy (non-hydrogen) atoms. The Labute approximate surface area is 352 Å². The van der Waals surface area contributed by atoms with Gasteiger partial charge in [0, 0.05) is 33.3 Å². The minimum Gasteiger partial charge on any atom is -0.309 e. The molecular weight excluding hydrogens is 725 g/mol. The summed E-state index contributed by atoms with van der Waals surface area (Å²) < 4.78 is 2.41. The number of hydrogen-bond donors (Lipinski definition) is 0. The molecule has 0 unspecified atom stereocenters. The molecule has 1 saturated carbocycles. The number of aromatic nitrogens is 1. The largest absolute Gasteiger partial charge is 0.309 e. The zero-order valence-corrected chi connectivity index (χ0v) is 33.7. The van der Waals surface area contributed by atoms with Gasteiger partial charge in [-0.15, -0.1) is 0 Å². The predicted octanol–water partition coefficient (Wildman–Crippen LogP) is 16.5. The second-order valence-corrected chi connectivity index (χ2v) is 16.3. The van der Waals surface area contributed by atoms with Crippen molar-refractivity contribution >= 4 is 49.6 Å². The van der Waals surface area contributed by atoms with Crippen molar-refractivity contribution in [3.05, 3.63) is 218 Å². The summed E-state index contributed by atoms with van der Waals surface area (Å²) in [7, 11) is 0. The zero-order chi connectivity index (χ0) is 39.8. The molecule has 0 saturated heterocycles. The standard InChI is InChI=1S/C58H46N2/c1-4-19-41(20-5-1)48-29-10-13-34-54(48)60(56-36-15-12-31-51(56)53-33-18-24-43-23-17-32-49(58(43)53)42-21-6-2-7-22-42)47-28-16-25-44(39-47)45-37-38-52-50-30-11-14-35-55(50)59(57(52)40-45)46-26-8-3-9-27-46/h1,3-5,8-20,23-40,42H,2,6-7,21-22H2. The van der Waals surface area contributed by atoms with Crippen molar-refractivity contribution in [3.63, 3.8) is 0 Å². The van der Waals surface area contributed by atoms with Crippen LogP contribution in [0.15, 0.2) is 212 Å². The summed E-state index contributed by atoms with van der Waals surface area (Å²) in [4.78, 5) is 2.50. The van der Waals surface area contributed by atoms with E-state index >= 15 is 0 Å². The van der Waals surface area contributed by atoms with Gasteiger partial charge < -0.3 is 9.47 Å². The molecule has 1 aliphatic rings. The van der Waals surface area contributed by atoms with Crippen LogP contribution in [0.3, 0.4) is 0 Å². The highest BCUT2D eigenvalue weighted by molar-refractivity contribution is 6.10. The van der Waals surface area contributed by atoms with Crippen molar-refractivity contribution in [2.45, 2.75) is 38.0 Å². The summed E-state index contributed by atoms with van der Waals surface area (Å²) in [6.45, 7) is 0. The topological polar surface area (TPSA) is 8.17 Å². The Morgan fingerprint density at radius 3 is 1.82 bits per heavy atom. The van der Waals surface area contributed by atoms with Crippen LogP contribution in [0.5, 0.6) is 0 Å². The molecule has 288 valence electrons. The lowest BCUT2D eigenvalue weighted by atomic mass is 9.80. The molecule has 0 bridgehead atoms. The van der Waals surface area contributed by atoms with Crippen LogP contribution in [0, 0.1) is 0 Å². The molecule has 10 aromatic rings. The van der Waals surface area contributed by atoms with E-state index in [0.717, 1.165) is 22.7 Å². The SMILES string of the molecule is c1ccc(-c2ccccc2N(c2cccc(-c3ccc4c5ccccc5n(-c5ccccc5)c4c3)c2)c2ccccc2-c2cccc3cccc(C4CCCCC4)c23)cc1. The predicted molar refractivity (Wildman–Crippen MR) is 255 cm³/mol. The first-order valence-corrected chi connectivity index (χ1v) is 21.5. The lowest BCUT2D eigenvalue weighted by Crippen LogP contribution is -2.13. The van der Waals surface area contributed by atoms with Crippen LogP contribution in [0.1, 0.15) is 43.6 Å². The highest BCUT2D eigenvalue weighted by atomic mass is 15.1. The van der Waals surface area contributed by atoms with Gasteiger partial charge in [0.25, 0.3) is 0 Å². The van der Waals surface area contributed by atoms with Gasteiger partial charge in [-0.1, -0.05) is 183 Å². The molecule has 0 amide bonds. The Morgan fingerprint density at radius 1 is 0.400 bits per heavy atom. The second kappa shape index (κ2) is 15.5. The highest BCUT2D eigenvalue weighted by Gasteiger charge is 2.24. The Balaban J connectivity index is 1.13. The van der Waals surface area contributed by atoms with E-state index in [1.807, 2.05) is 0 Å². The first-order valence-electron chi connectivity index (χ1n) is 21.5. The molecule has 1 heterocycles. The van der Waals surface area contributed by atoms with Crippen molar-refractivity contribution in [2.24, 2.45) is 0 Å². The number of benzene rings is 9. The lowest BCUT2D eigenvalue weighted by Gasteiger charge is -2.31. The van der Waals surface area contributed by atoms with Gasteiger partial charge in [0.2, 0.25) is 0 Å². The van der Waals surface area contributed by atoms with Crippen LogP contribution < -0.4 is 4.90 Å². The van der Waals surface area contributed by atoms with Crippen LogP contribution in [0.25, 0.3) is 71.6 Å². The third kappa shape index (κ3) is 6.37. The maximum atomic E-state index is 2.50. The molecular formula is C58H46N2. The molecule has 0 aliphatic heterocycles. The molecule has 0 atom stereocenters. The molecule has 2 heteroatoms. The molecule has 0 radical (unpaired) electrons. The van der Waals surface area contributed by atoms with E-state index in [2.05, 4.69) is 222 Å². The number of nitrogens with zero attached hydrogens (tertiary/aromatic N) is 2. The van der Waals surface area contributed by atoms with Gasteiger partial charge in [0.15, 0.2) is 0 Å². The van der Waals surface area contributed by atoms with E-state index in [4.69, 9.17) is 0 Å². The average molecular weight is 771 g/mol. The van der Waals surface area contributed by atoms with E-state index in [1.54, 1.807) is 0 Å². The molecule has 11 rings (SSSR count). The maximum Gasteiger partial charge on any atom is 0.0547 e. The van der Waals surface area contributed by atoms with Gasteiger partial charge >= 0.3 is 0 Å². The number of anilines is 3. The first kappa shape index (κ1) is 36.0.